The van der Waals surface area contributed by atoms with Gasteiger partial charge in [-0.15, -0.1) is 0 Å². The highest BCUT2D eigenvalue weighted by Gasteiger charge is 2.23. The number of nitrogens with one attached hydrogen (secondary N) is 2. The van der Waals surface area contributed by atoms with Gasteiger partial charge in [-0.2, -0.15) is 0 Å². The van der Waals surface area contributed by atoms with Crippen molar-refractivity contribution in [3.05, 3.63) is 71.3 Å². The number of carbonyl (C=O) groups excluding carboxylic acids is 2. The third kappa shape index (κ3) is 7.98. The lowest BCUT2D eigenvalue weighted by Crippen LogP contribution is -2.43. The topological polar surface area (TPSA) is 79.9 Å². The molecule has 2 amide bonds. The Balaban J connectivity index is 1.37. The first-order valence-electron chi connectivity index (χ1n) is 11.2. The molecule has 172 valence electrons. The Morgan fingerprint density at radius 3 is 2.47 bits per heavy atom. The molecule has 1 aliphatic rings. The van der Waals surface area contributed by atoms with E-state index in [4.69, 9.17) is 9.47 Å². The highest BCUT2D eigenvalue weighted by atomic mass is 16.5. The molecule has 2 aromatic carbocycles. The molecule has 0 bridgehead atoms. The van der Waals surface area contributed by atoms with Crippen LogP contribution in [0.25, 0.3) is 0 Å². The molecule has 7 nitrogen and oxygen atoms in total. The highest BCUT2D eigenvalue weighted by Crippen LogP contribution is 2.21. The van der Waals surface area contributed by atoms with Crippen molar-refractivity contribution >= 4 is 12.0 Å². The molecule has 1 aliphatic heterocycles. The molecule has 1 fully saturated rings. The summed E-state index contributed by atoms with van der Waals surface area (Å²) >= 11 is 0. The van der Waals surface area contributed by atoms with Crippen LogP contribution in [0.2, 0.25) is 0 Å². The van der Waals surface area contributed by atoms with Gasteiger partial charge >= 0.3 is 6.09 Å². The van der Waals surface area contributed by atoms with E-state index >= 15 is 0 Å². The fraction of sp³-hybridized carbons (Fsp3) is 0.440. The number of ether oxygens (including phenoxy) is 2. The lowest BCUT2D eigenvalue weighted by atomic mass is 10.0. The van der Waals surface area contributed by atoms with Crippen molar-refractivity contribution in [2.45, 2.75) is 32.4 Å². The largest absolute Gasteiger partial charge is 0.445 e. The number of carbonyl (C=O) groups is 2. The standard InChI is InChI=1S/C25H33N3O4/c1-20-9-11-22(12-10-20)23(28-14-16-31-17-15-28)18-27-24(29)8-5-13-26-25(30)32-19-21-6-3-2-4-7-21/h2-4,6-7,9-12,23H,5,8,13-19H2,1H3,(H,26,30)(H,27,29). The van der Waals surface area contributed by atoms with E-state index in [9.17, 15) is 9.59 Å². The van der Waals surface area contributed by atoms with E-state index in [-0.39, 0.29) is 18.6 Å². The van der Waals surface area contributed by atoms with E-state index in [1.807, 2.05) is 30.3 Å². The Bertz CT molecular complexity index is 836. The lowest BCUT2D eigenvalue weighted by Gasteiger charge is -2.35. The molecule has 2 N–H and O–H groups in total. The first-order valence-corrected chi connectivity index (χ1v) is 11.2. The smallest absolute Gasteiger partial charge is 0.407 e. The van der Waals surface area contributed by atoms with Gasteiger partial charge in [0.05, 0.1) is 19.3 Å². The van der Waals surface area contributed by atoms with E-state index in [1.54, 1.807) is 0 Å². The third-order valence-corrected chi connectivity index (χ3v) is 5.50. The number of morpholine rings is 1. The van der Waals surface area contributed by atoms with Gasteiger partial charge in [0.25, 0.3) is 0 Å². The van der Waals surface area contributed by atoms with Crippen molar-refractivity contribution in [3.8, 4) is 0 Å². The van der Waals surface area contributed by atoms with Crippen molar-refractivity contribution in [1.82, 2.24) is 15.5 Å². The fourth-order valence-corrected chi connectivity index (χ4v) is 3.65. The zero-order valence-electron chi connectivity index (χ0n) is 18.7. The van der Waals surface area contributed by atoms with Crippen LogP contribution in [0.3, 0.4) is 0 Å². The van der Waals surface area contributed by atoms with Gasteiger partial charge in [-0.1, -0.05) is 60.2 Å². The fourth-order valence-electron chi connectivity index (χ4n) is 3.65. The average Bonchev–Trinajstić information content (AvgIpc) is 2.83. The zero-order chi connectivity index (χ0) is 22.6. The van der Waals surface area contributed by atoms with Gasteiger partial charge in [0.15, 0.2) is 0 Å². The van der Waals surface area contributed by atoms with Gasteiger partial charge in [0, 0.05) is 32.6 Å². The molecular weight excluding hydrogens is 406 g/mol. The molecule has 1 saturated heterocycles. The molecule has 7 heteroatoms. The Morgan fingerprint density at radius 2 is 1.75 bits per heavy atom. The van der Waals surface area contributed by atoms with Gasteiger partial charge in [-0.25, -0.2) is 4.79 Å². The Morgan fingerprint density at radius 1 is 1.03 bits per heavy atom. The summed E-state index contributed by atoms with van der Waals surface area (Å²) in [6.45, 7) is 6.37. The van der Waals surface area contributed by atoms with Crippen molar-refractivity contribution in [3.63, 3.8) is 0 Å². The molecule has 0 spiro atoms. The Labute approximate surface area is 190 Å². The summed E-state index contributed by atoms with van der Waals surface area (Å²) in [5, 5.41) is 5.76. The minimum atomic E-state index is -0.471. The van der Waals surface area contributed by atoms with Crippen molar-refractivity contribution in [2.75, 3.05) is 39.4 Å². The molecule has 32 heavy (non-hydrogen) atoms. The molecule has 1 heterocycles. The first kappa shape index (κ1) is 23.8. The van der Waals surface area contributed by atoms with E-state index in [1.165, 1.54) is 11.1 Å². The molecular formula is C25H33N3O4. The van der Waals surface area contributed by atoms with Crippen LogP contribution in [0.4, 0.5) is 4.79 Å². The van der Waals surface area contributed by atoms with Gasteiger partial charge in [0.2, 0.25) is 5.91 Å². The highest BCUT2D eigenvalue weighted by molar-refractivity contribution is 5.76. The van der Waals surface area contributed by atoms with Gasteiger partial charge in [-0.3, -0.25) is 9.69 Å². The van der Waals surface area contributed by atoms with Crippen molar-refractivity contribution in [1.29, 1.82) is 0 Å². The van der Waals surface area contributed by atoms with Crippen LogP contribution in [0.5, 0.6) is 0 Å². The van der Waals surface area contributed by atoms with Crippen LogP contribution in [-0.2, 0) is 20.9 Å². The minimum absolute atomic E-state index is 0.0187. The number of hydrogen-bond donors (Lipinski definition) is 2. The second kappa shape index (κ2) is 12.8. The number of rotatable bonds is 10. The molecule has 3 rings (SSSR count). The van der Waals surface area contributed by atoms with Gasteiger partial charge < -0.3 is 20.1 Å². The summed E-state index contributed by atoms with van der Waals surface area (Å²) in [7, 11) is 0. The third-order valence-electron chi connectivity index (χ3n) is 5.50. The summed E-state index contributed by atoms with van der Waals surface area (Å²) < 4.78 is 10.7. The number of alkyl carbamates (subject to hydrolysis) is 1. The Kier molecular flexibility index (Phi) is 9.53. The minimum Gasteiger partial charge on any atom is -0.445 e. The quantitative estimate of drug-likeness (QED) is 0.556. The molecule has 0 aliphatic carbocycles. The number of amides is 2. The molecule has 0 saturated carbocycles. The molecule has 2 aromatic rings. The maximum atomic E-state index is 12.4. The maximum absolute atomic E-state index is 12.4. The van der Waals surface area contributed by atoms with E-state index in [0.717, 1.165) is 18.7 Å². The summed E-state index contributed by atoms with van der Waals surface area (Å²) in [5.41, 5.74) is 3.35. The summed E-state index contributed by atoms with van der Waals surface area (Å²) in [6, 6.07) is 18.1. The van der Waals surface area contributed by atoms with Crippen LogP contribution < -0.4 is 10.6 Å². The van der Waals surface area contributed by atoms with Crippen LogP contribution >= 0.6 is 0 Å². The lowest BCUT2D eigenvalue weighted by molar-refractivity contribution is -0.121. The normalized spacial score (nSPS) is 15.0. The van der Waals surface area contributed by atoms with Crippen molar-refractivity contribution < 1.29 is 19.1 Å². The summed E-state index contributed by atoms with van der Waals surface area (Å²) in [5.74, 6) is -0.0187. The molecule has 1 unspecified atom stereocenters. The van der Waals surface area contributed by atoms with Gasteiger partial charge in [-0.05, 0) is 24.5 Å². The predicted molar refractivity (Wildman–Crippen MR) is 123 cm³/mol. The zero-order valence-corrected chi connectivity index (χ0v) is 18.7. The first-order chi connectivity index (χ1) is 15.6. The van der Waals surface area contributed by atoms with E-state index in [2.05, 4.69) is 46.7 Å². The number of benzene rings is 2. The second-order valence-corrected chi connectivity index (χ2v) is 7.97. The Hall–Kier alpha value is -2.90. The van der Waals surface area contributed by atoms with Crippen LogP contribution in [0.1, 0.15) is 35.6 Å². The monoisotopic (exact) mass is 439 g/mol. The van der Waals surface area contributed by atoms with E-state index in [0.29, 0.717) is 39.1 Å². The number of hydrogen-bond acceptors (Lipinski definition) is 5. The summed E-state index contributed by atoms with van der Waals surface area (Å²) in [4.78, 5) is 26.5. The van der Waals surface area contributed by atoms with E-state index < -0.39 is 6.09 Å². The number of aryl methyl sites for hydroxylation is 1. The molecule has 0 radical (unpaired) electrons. The SMILES string of the molecule is Cc1ccc(C(CNC(=O)CCCNC(=O)OCc2ccccc2)N2CCOCC2)cc1. The van der Waals surface area contributed by atoms with Crippen LogP contribution in [0.15, 0.2) is 54.6 Å². The molecule has 0 aromatic heterocycles. The second-order valence-electron chi connectivity index (χ2n) is 7.97. The molecule has 1 atom stereocenters. The van der Waals surface area contributed by atoms with Crippen LogP contribution in [-0.4, -0.2) is 56.3 Å². The van der Waals surface area contributed by atoms with Gasteiger partial charge in [0.1, 0.15) is 6.61 Å². The number of nitrogens with zero attached hydrogens (tertiary/aromatic N) is 1. The maximum Gasteiger partial charge on any atom is 0.407 e. The van der Waals surface area contributed by atoms with Crippen LogP contribution in [0, 0.1) is 6.92 Å². The summed E-state index contributed by atoms with van der Waals surface area (Å²) in [6.07, 6.45) is 0.433. The average molecular weight is 440 g/mol. The predicted octanol–water partition coefficient (Wildman–Crippen LogP) is 3.19. The van der Waals surface area contributed by atoms with Crippen molar-refractivity contribution in [2.24, 2.45) is 0 Å².